The summed E-state index contributed by atoms with van der Waals surface area (Å²) in [6.45, 7) is 1.65. The molecule has 4 N–H and O–H groups in total. The van der Waals surface area contributed by atoms with Gasteiger partial charge in [-0.15, -0.1) is 0 Å². The maximum absolute atomic E-state index is 9.40. The van der Waals surface area contributed by atoms with E-state index < -0.39 is 11.9 Å². The van der Waals surface area contributed by atoms with Crippen LogP contribution in [-0.2, 0) is 6.42 Å². The molecule has 0 saturated heterocycles. The Kier molecular flexibility index (Phi) is 3.19. The molecule has 0 aliphatic carbocycles. The normalized spacial score (nSPS) is 12.7. The van der Waals surface area contributed by atoms with Crippen LogP contribution in [0.4, 0.5) is 0 Å². The number of aliphatic hydroxyl groups is 1. The fraction of sp³-hybridized carbons (Fsp3) is 0.400. The highest BCUT2D eigenvalue weighted by Crippen LogP contribution is 2.37. The molecule has 1 atom stereocenters. The Morgan fingerprint density at radius 3 is 2.36 bits per heavy atom. The van der Waals surface area contributed by atoms with Gasteiger partial charge in [-0.1, -0.05) is 6.07 Å². The lowest BCUT2D eigenvalue weighted by molar-refractivity contribution is 0.184. The fourth-order valence-corrected chi connectivity index (χ4v) is 1.18. The maximum atomic E-state index is 9.40. The van der Waals surface area contributed by atoms with E-state index in [2.05, 4.69) is 0 Å². The Hall–Kier alpha value is -1.42. The zero-order chi connectivity index (χ0) is 10.7. The number of hydrogen-bond donors (Lipinski definition) is 4. The van der Waals surface area contributed by atoms with Gasteiger partial charge < -0.3 is 20.4 Å². The Morgan fingerprint density at radius 2 is 1.79 bits per heavy atom. The summed E-state index contributed by atoms with van der Waals surface area (Å²) in [5, 5.41) is 36.7. The number of aryl methyl sites for hydroxylation is 1. The van der Waals surface area contributed by atoms with Crippen molar-refractivity contribution >= 4 is 0 Å². The summed E-state index contributed by atoms with van der Waals surface area (Å²) < 4.78 is 0. The fourth-order valence-electron chi connectivity index (χ4n) is 1.18. The Bertz CT molecular complexity index is 320. The molecule has 0 radical (unpaired) electrons. The number of hydrogen-bond acceptors (Lipinski definition) is 4. The van der Waals surface area contributed by atoms with E-state index in [0.717, 1.165) is 0 Å². The molecule has 4 heteroatoms. The molecule has 0 fully saturated rings. The van der Waals surface area contributed by atoms with Crippen LogP contribution >= 0.6 is 0 Å². The van der Waals surface area contributed by atoms with Crippen molar-refractivity contribution in [3.63, 3.8) is 0 Å². The zero-order valence-electron chi connectivity index (χ0n) is 7.94. The third-order valence-electron chi connectivity index (χ3n) is 2.04. The van der Waals surface area contributed by atoms with E-state index in [1.807, 2.05) is 0 Å². The lowest BCUT2D eigenvalue weighted by Gasteiger charge is -2.08. The predicted octanol–water partition coefficient (Wildman–Crippen LogP) is 1.12. The number of benzene rings is 1. The van der Waals surface area contributed by atoms with Crippen molar-refractivity contribution in [2.45, 2.75) is 25.9 Å². The second-order valence-corrected chi connectivity index (χ2v) is 3.33. The van der Waals surface area contributed by atoms with Crippen LogP contribution in [-0.4, -0.2) is 26.5 Å². The molecule has 0 heterocycles. The number of phenolic OH excluding ortho intramolecular Hbond substituents is 3. The van der Waals surface area contributed by atoms with Crippen LogP contribution in [0.1, 0.15) is 18.9 Å². The molecule has 1 unspecified atom stereocenters. The van der Waals surface area contributed by atoms with Crippen LogP contribution in [0.5, 0.6) is 17.2 Å². The van der Waals surface area contributed by atoms with Crippen molar-refractivity contribution in [1.82, 2.24) is 0 Å². The van der Waals surface area contributed by atoms with Crippen LogP contribution in [0.25, 0.3) is 0 Å². The first kappa shape index (κ1) is 10.7. The Balaban J connectivity index is 2.83. The quantitative estimate of drug-likeness (QED) is 0.548. The van der Waals surface area contributed by atoms with Gasteiger partial charge in [0.25, 0.3) is 0 Å². The molecule has 1 aromatic carbocycles. The molecule has 1 rings (SSSR count). The van der Waals surface area contributed by atoms with Gasteiger partial charge in [0, 0.05) is 0 Å². The molecule has 1 aromatic rings. The number of aliphatic hydroxyl groups excluding tert-OH is 1. The summed E-state index contributed by atoms with van der Waals surface area (Å²) in [7, 11) is 0. The van der Waals surface area contributed by atoms with E-state index in [1.54, 1.807) is 6.92 Å². The van der Waals surface area contributed by atoms with E-state index in [0.29, 0.717) is 18.4 Å². The van der Waals surface area contributed by atoms with Crippen LogP contribution in [0.3, 0.4) is 0 Å². The minimum atomic E-state index is -0.506. The molecule has 0 amide bonds. The van der Waals surface area contributed by atoms with Gasteiger partial charge in [0.2, 0.25) is 5.75 Å². The monoisotopic (exact) mass is 198 g/mol. The number of aromatic hydroxyl groups is 3. The molecule has 0 aliphatic heterocycles. The second-order valence-electron chi connectivity index (χ2n) is 3.33. The van der Waals surface area contributed by atoms with Gasteiger partial charge in [-0.05, 0) is 31.4 Å². The molecular weight excluding hydrogens is 184 g/mol. The molecule has 4 nitrogen and oxygen atoms in total. The van der Waals surface area contributed by atoms with Gasteiger partial charge in [0.15, 0.2) is 11.5 Å². The molecule has 0 aliphatic rings. The van der Waals surface area contributed by atoms with Crippen LogP contribution < -0.4 is 0 Å². The van der Waals surface area contributed by atoms with Gasteiger partial charge in [-0.3, -0.25) is 0 Å². The largest absolute Gasteiger partial charge is 0.504 e. The first-order valence-corrected chi connectivity index (χ1v) is 4.43. The van der Waals surface area contributed by atoms with Gasteiger partial charge in [0.1, 0.15) is 0 Å². The van der Waals surface area contributed by atoms with Gasteiger partial charge in [-0.2, -0.15) is 0 Å². The maximum Gasteiger partial charge on any atom is 0.200 e. The summed E-state index contributed by atoms with van der Waals surface area (Å²) >= 11 is 0. The van der Waals surface area contributed by atoms with Crippen LogP contribution in [0, 0.1) is 0 Å². The highest BCUT2D eigenvalue weighted by molar-refractivity contribution is 5.53. The summed E-state index contributed by atoms with van der Waals surface area (Å²) in [6.07, 6.45) is 0.500. The minimum Gasteiger partial charge on any atom is -0.504 e. The van der Waals surface area contributed by atoms with Crippen molar-refractivity contribution in [1.29, 1.82) is 0 Å². The number of rotatable bonds is 3. The van der Waals surface area contributed by atoms with E-state index in [4.69, 9.17) is 10.2 Å². The predicted molar refractivity (Wildman–Crippen MR) is 51.4 cm³/mol. The highest BCUT2D eigenvalue weighted by Gasteiger charge is 2.11. The van der Waals surface area contributed by atoms with Gasteiger partial charge >= 0.3 is 0 Å². The zero-order valence-corrected chi connectivity index (χ0v) is 7.94. The molecule has 14 heavy (non-hydrogen) atoms. The van der Waals surface area contributed by atoms with E-state index >= 15 is 0 Å². The third-order valence-corrected chi connectivity index (χ3v) is 2.04. The summed E-state index contributed by atoms with van der Waals surface area (Å²) in [5.74, 6) is -1.16. The second kappa shape index (κ2) is 4.19. The highest BCUT2D eigenvalue weighted by atomic mass is 16.3. The van der Waals surface area contributed by atoms with Gasteiger partial charge in [-0.25, -0.2) is 0 Å². The lowest BCUT2D eigenvalue weighted by Crippen LogP contribution is -2.01. The average molecular weight is 198 g/mol. The van der Waals surface area contributed by atoms with E-state index in [-0.39, 0.29) is 11.5 Å². The molecule has 0 aromatic heterocycles. The summed E-state index contributed by atoms with van der Waals surface area (Å²) in [5.41, 5.74) is 0.515. The van der Waals surface area contributed by atoms with Crippen molar-refractivity contribution in [2.24, 2.45) is 0 Å². The lowest BCUT2D eigenvalue weighted by atomic mass is 10.1. The standard InChI is InChI=1S/C10H14O4/c1-6(11)2-3-7-4-5-8(12)10(14)9(7)13/h4-6,11-14H,2-3H2,1H3. The average Bonchev–Trinajstić information content (AvgIpc) is 2.13. The third kappa shape index (κ3) is 2.29. The van der Waals surface area contributed by atoms with Crippen LogP contribution in [0.15, 0.2) is 12.1 Å². The first-order valence-electron chi connectivity index (χ1n) is 4.43. The smallest absolute Gasteiger partial charge is 0.200 e. The molecule has 0 spiro atoms. The SMILES string of the molecule is CC(O)CCc1ccc(O)c(O)c1O. The molecular formula is C10H14O4. The minimum absolute atomic E-state index is 0.314. The van der Waals surface area contributed by atoms with Gasteiger partial charge in [0.05, 0.1) is 6.10 Å². The van der Waals surface area contributed by atoms with E-state index in [1.165, 1.54) is 12.1 Å². The van der Waals surface area contributed by atoms with Crippen molar-refractivity contribution in [2.75, 3.05) is 0 Å². The topological polar surface area (TPSA) is 80.9 Å². The molecule has 0 bridgehead atoms. The molecule has 0 saturated carbocycles. The van der Waals surface area contributed by atoms with Crippen molar-refractivity contribution in [3.05, 3.63) is 17.7 Å². The molecule has 78 valence electrons. The summed E-state index contributed by atoms with van der Waals surface area (Å²) in [4.78, 5) is 0. The number of phenols is 3. The van der Waals surface area contributed by atoms with Crippen molar-refractivity contribution < 1.29 is 20.4 Å². The Labute approximate surface area is 82.1 Å². The van der Waals surface area contributed by atoms with E-state index in [9.17, 15) is 10.2 Å². The summed E-state index contributed by atoms with van der Waals surface area (Å²) in [6, 6.07) is 2.83. The van der Waals surface area contributed by atoms with Crippen LogP contribution in [0.2, 0.25) is 0 Å². The first-order chi connectivity index (χ1) is 6.52. The van der Waals surface area contributed by atoms with Crippen molar-refractivity contribution in [3.8, 4) is 17.2 Å². The Morgan fingerprint density at radius 1 is 1.14 bits per heavy atom.